The fourth-order valence-electron chi connectivity index (χ4n) is 3.20. The van der Waals surface area contributed by atoms with Gasteiger partial charge in [-0.1, -0.05) is 60.7 Å². The lowest BCUT2D eigenvalue weighted by atomic mass is 10.0. The van der Waals surface area contributed by atoms with Gasteiger partial charge in [-0.05, 0) is 60.2 Å². The number of amides is 2. The molecule has 3 aromatic rings. The average molecular weight is 396 g/mol. The van der Waals surface area contributed by atoms with Crippen LogP contribution in [0.4, 0.5) is 5.69 Å². The van der Waals surface area contributed by atoms with Crippen molar-refractivity contribution in [3.63, 3.8) is 0 Å². The summed E-state index contributed by atoms with van der Waals surface area (Å²) in [5, 5.41) is 5.94. The minimum absolute atomic E-state index is 0.0409. The highest BCUT2D eigenvalue weighted by Crippen LogP contribution is 2.20. The molecule has 0 spiro atoms. The smallest absolute Gasteiger partial charge is 0.251 e. The summed E-state index contributed by atoms with van der Waals surface area (Å²) in [6.45, 7) is 0. The van der Waals surface area contributed by atoms with Gasteiger partial charge in [0.25, 0.3) is 5.91 Å². The Balaban J connectivity index is 1.37. The van der Waals surface area contributed by atoms with Crippen LogP contribution in [0, 0.1) is 0 Å². The number of rotatable bonds is 7. The van der Waals surface area contributed by atoms with E-state index in [-0.39, 0.29) is 11.8 Å². The second-order valence-corrected chi connectivity index (χ2v) is 7.51. The van der Waals surface area contributed by atoms with E-state index in [0.29, 0.717) is 11.6 Å². The van der Waals surface area contributed by atoms with E-state index in [1.807, 2.05) is 54.6 Å². The van der Waals surface area contributed by atoms with Gasteiger partial charge in [0.2, 0.25) is 5.91 Å². The molecule has 2 N–H and O–H groups in total. The maximum Gasteiger partial charge on any atom is 0.251 e. The molecule has 150 valence electrons. The van der Waals surface area contributed by atoms with Crippen LogP contribution in [-0.4, -0.2) is 17.9 Å². The van der Waals surface area contributed by atoms with Gasteiger partial charge in [0.15, 0.2) is 0 Å². The van der Waals surface area contributed by atoms with E-state index in [0.717, 1.165) is 36.1 Å². The average Bonchev–Trinajstić information content (AvgIpc) is 3.59. The van der Waals surface area contributed by atoms with Gasteiger partial charge in [-0.25, -0.2) is 0 Å². The molecule has 0 aliphatic heterocycles. The molecule has 1 aliphatic rings. The summed E-state index contributed by atoms with van der Waals surface area (Å²) in [6, 6.07) is 25.6. The van der Waals surface area contributed by atoms with E-state index in [9.17, 15) is 9.59 Å². The monoisotopic (exact) mass is 396 g/mol. The number of anilines is 1. The van der Waals surface area contributed by atoms with Gasteiger partial charge in [0.1, 0.15) is 0 Å². The van der Waals surface area contributed by atoms with Crippen molar-refractivity contribution in [2.45, 2.75) is 25.3 Å². The third-order valence-electron chi connectivity index (χ3n) is 5.03. The lowest BCUT2D eigenvalue weighted by Gasteiger charge is -2.10. The van der Waals surface area contributed by atoms with Crippen molar-refractivity contribution in [3.8, 4) is 0 Å². The maximum absolute atomic E-state index is 12.4. The molecule has 1 saturated carbocycles. The van der Waals surface area contributed by atoms with Crippen molar-refractivity contribution in [1.29, 1.82) is 0 Å². The lowest BCUT2D eigenvalue weighted by Crippen LogP contribution is -2.25. The van der Waals surface area contributed by atoms with E-state index in [2.05, 4.69) is 22.8 Å². The summed E-state index contributed by atoms with van der Waals surface area (Å²) in [4.78, 5) is 24.5. The van der Waals surface area contributed by atoms with Gasteiger partial charge >= 0.3 is 0 Å². The molecule has 1 fully saturated rings. The normalized spacial score (nSPS) is 13.2. The minimum Gasteiger partial charge on any atom is -0.349 e. The van der Waals surface area contributed by atoms with Crippen LogP contribution in [0.5, 0.6) is 0 Å². The van der Waals surface area contributed by atoms with Crippen LogP contribution >= 0.6 is 0 Å². The number of carbonyl (C=O) groups is 2. The van der Waals surface area contributed by atoms with Gasteiger partial charge in [0.05, 0.1) is 0 Å². The molecule has 0 heterocycles. The molecule has 1 aliphatic carbocycles. The van der Waals surface area contributed by atoms with E-state index in [1.165, 1.54) is 11.6 Å². The zero-order valence-corrected chi connectivity index (χ0v) is 16.7. The number of hydrogen-bond acceptors (Lipinski definition) is 2. The van der Waals surface area contributed by atoms with Gasteiger partial charge < -0.3 is 10.6 Å². The third-order valence-corrected chi connectivity index (χ3v) is 5.03. The quantitative estimate of drug-likeness (QED) is 0.563. The van der Waals surface area contributed by atoms with Crippen LogP contribution in [0.25, 0.3) is 6.08 Å². The zero-order valence-electron chi connectivity index (χ0n) is 16.7. The Kier molecular flexibility index (Phi) is 6.04. The first kappa shape index (κ1) is 19.6. The molecule has 0 bridgehead atoms. The predicted molar refractivity (Wildman–Crippen MR) is 120 cm³/mol. The molecule has 0 saturated heterocycles. The van der Waals surface area contributed by atoms with Gasteiger partial charge in [-0.2, -0.15) is 0 Å². The summed E-state index contributed by atoms with van der Waals surface area (Å²) >= 11 is 0. The molecule has 0 atom stereocenters. The Bertz CT molecular complexity index is 1050. The van der Waals surface area contributed by atoms with Crippen LogP contribution in [0.15, 0.2) is 84.9 Å². The van der Waals surface area contributed by atoms with Crippen LogP contribution in [0.2, 0.25) is 0 Å². The number of nitrogens with one attached hydrogen (secondary N) is 2. The second kappa shape index (κ2) is 9.23. The molecular weight excluding hydrogens is 372 g/mol. The highest BCUT2D eigenvalue weighted by atomic mass is 16.2. The first-order valence-electron chi connectivity index (χ1n) is 10.2. The van der Waals surface area contributed by atoms with Gasteiger partial charge in [-0.3, -0.25) is 9.59 Å². The largest absolute Gasteiger partial charge is 0.349 e. The fraction of sp³-hybridized carbons (Fsp3) is 0.154. The molecule has 0 radical (unpaired) electrons. The molecule has 4 rings (SSSR count). The number of hydrogen-bond donors (Lipinski definition) is 2. The van der Waals surface area contributed by atoms with E-state index < -0.39 is 0 Å². The van der Waals surface area contributed by atoms with Crippen LogP contribution in [-0.2, 0) is 11.2 Å². The number of para-hydroxylation sites is 1. The summed E-state index contributed by atoms with van der Waals surface area (Å²) in [7, 11) is 0. The van der Waals surface area contributed by atoms with Crippen molar-refractivity contribution < 1.29 is 9.59 Å². The van der Waals surface area contributed by atoms with E-state index in [4.69, 9.17) is 0 Å². The van der Waals surface area contributed by atoms with Crippen molar-refractivity contribution in [3.05, 3.63) is 107 Å². The van der Waals surface area contributed by atoms with Crippen molar-refractivity contribution in [2.24, 2.45) is 0 Å². The summed E-state index contributed by atoms with van der Waals surface area (Å²) in [5.74, 6) is -0.230. The maximum atomic E-state index is 12.4. The Labute approximate surface area is 176 Å². The van der Waals surface area contributed by atoms with Crippen LogP contribution in [0.3, 0.4) is 0 Å². The zero-order chi connectivity index (χ0) is 20.8. The number of carbonyl (C=O) groups excluding carboxylic acids is 2. The molecule has 2 amide bonds. The van der Waals surface area contributed by atoms with Crippen LogP contribution < -0.4 is 10.6 Å². The second-order valence-electron chi connectivity index (χ2n) is 7.51. The van der Waals surface area contributed by atoms with E-state index in [1.54, 1.807) is 18.2 Å². The Morgan fingerprint density at radius 3 is 2.30 bits per heavy atom. The lowest BCUT2D eigenvalue weighted by molar-refractivity contribution is -0.111. The van der Waals surface area contributed by atoms with Crippen molar-refractivity contribution in [1.82, 2.24) is 5.32 Å². The Hall–Kier alpha value is -3.66. The first-order valence-corrected chi connectivity index (χ1v) is 10.2. The molecule has 4 nitrogen and oxygen atoms in total. The minimum atomic E-state index is -0.189. The fourth-order valence-corrected chi connectivity index (χ4v) is 3.20. The SMILES string of the molecule is O=C(/C=C/c1ccc(C(=O)NC2CC2)cc1)Nc1ccccc1Cc1ccccc1. The van der Waals surface area contributed by atoms with Gasteiger partial charge in [-0.15, -0.1) is 0 Å². The summed E-state index contributed by atoms with van der Waals surface area (Å²) < 4.78 is 0. The van der Waals surface area contributed by atoms with Crippen LogP contribution in [0.1, 0.15) is 39.9 Å². The topological polar surface area (TPSA) is 58.2 Å². The summed E-state index contributed by atoms with van der Waals surface area (Å²) in [5.41, 5.74) is 4.57. The highest BCUT2D eigenvalue weighted by molar-refractivity contribution is 6.02. The third kappa shape index (κ3) is 5.45. The van der Waals surface area contributed by atoms with Crippen molar-refractivity contribution >= 4 is 23.6 Å². The Morgan fingerprint density at radius 2 is 1.57 bits per heavy atom. The standard InChI is InChI=1S/C26H24N2O2/c29-25(17-12-19-10-13-21(14-11-19)26(30)27-23-15-16-23)28-24-9-5-4-8-22(24)18-20-6-2-1-3-7-20/h1-14,17,23H,15-16,18H2,(H,27,30)(H,28,29)/b17-12+. The molecule has 30 heavy (non-hydrogen) atoms. The Morgan fingerprint density at radius 1 is 0.867 bits per heavy atom. The molecule has 0 unspecified atom stereocenters. The molecule has 3 aromatic carbocycles. The molecule has 0 aromatic heterocycles. The molecular formula is C26H24N2O2. The van der Waals surface area contributed by atoms with Gasteiger partial charge in [0, 0.05) is 23.4 Å². The summed E-state index contributed by atoms with van der Waals surface area (Å²) in [6.07, 6.45) is 6.15. The number of benzene rings is 3. The predicted octanol–water partition coefficient (Wildman–Crippen LogP) is 4.82. The molecule has 4 heteroatoms. The van der Waals surface area contributed by atoms with Crippen molar-refractivity contribution in [2.75, 3.05) is 5.32 Å². The first-order chi connectivity index (χ1) is 14.7. The van der Waals surface area contributed by atoms with E-state index >= 15 is 0 Å². The highest BCUT2D eigenvalue weighted by Gasteiger charge is 2.23.